The van der Waals surface area contributed by atoms with Crippen LogP contribution in [0.25, 0.3) is 11.1 Å². The van der Waals surface area contributed by atoms with Gasteiger partial charge in [-0.2, -0.15) is 0 Å². The van der Waals surface area contributed by atoms with Crippen molar-refractivity contribution in [2.24, 2.45) is 11.5 Å². The van der Waals surface area contributed by atoms with Crippen LogP contribution in [0.5, 0.6) is 0 Å². The van der Waals surface area contributed by atoms with Crippen molar-refractivity contribution < 1.29 is 23.5 Å². The standard InChI is InChI=1S/C32H39FN4O4/c1-32(2,35)21-41-20-29(38)36(3)28(18-22-14-16-24(17-15-22)23-10-6-5-7-11-23)31(40)37(4)27(30(34)39)19-25-12-8-9-13-26(25)33/h5-17,27-28H,18-21,35H2,1-4H3,(H2,34,39)/t27-,28-/m1/s1. The SMILES string of the molecule is CN(C(=O)COCC(C)(C)N)[C@H](Cc1ccc(-c2ccccc2)cc1)C(=O)N(C)[C@H](Cc1ccccc1F)C(N)=O. The molecule has 0 unspecified atom stereocenters. The molecule has 41 heavy (non-hydrogen) atoms. The second-order valence-corrected chi connectivity index (χ2v) is 10.9. The quantitative estimate of drug-likeness (QED) is 0.332. The second kappa shape index (κ2) is 14.0. The number of halogens is 1. The minimum atomic E-state index is -1.12. The number of nitrogens with two attached hydrogens (primary N) is 2. The summed E-state index contributed by atoms with van der Waals surface area (Å²) in [6, 6.07) is 21.5. The van der Waals surface area contributed by atoms with E-state index in [9.17, 15) is 18.8 Å². The van der Waals surface area contributed by atoms with Crippen molar-refractivity contribution >= 4 is 17.7 Å². The zero-order valence-corrected chi connectivity index (χ0v) is 24.0. The molecule has 8 nitrogen and oxygen atoms in total. The number of nitrogens with zero attached hydrogens (tertiary/aromatic N) is 2. The Labute approximate surface area is 241 Å². The highest BCUT2D eigenvalue weighted by Gasteiger charge is 2.35. The van der Waals surface area contributed by atoms with Gasteiger partial charge in [-0.25, -0.2) is 4.39 Å². The summed E-state index contributed by atoms with van der Waals surface area (Å²) in [6.45, 7) is 3.44. The number of amides is 3. The molecule has 0 aliphatic heterocycles. The van der Waals surface area contributed by atoms with E-state index in [2.05, 4.69) is 0 Å². The highest BCUT2D eigenvalue weighted by Crippen LogP contribution is 2.21. The van der Waals surface area contributed by atoms with Crippen molar-refractivity contribution in [2.75, 3.05) is 27.3 Å². The predicted molar refractivity (Wildman–Crippen MR) is 157 cm³/mol. The van der Waals surface area contributed by atoms with Crippen LogP contribution in [0.2, 0.25) is 0 Å². The van der Waals surface area contributed by atoms with Gasteiger partial charge in [0, 0.05) is 32.5 Å². The van der Waals surface area contributed by atoms with Crippen LogP contribution in [-0.2, 0) is 32.0 Å². The fourth-order valence-electron chi connectivity index (χ4n) is 4.44. The predicted octanol–water partition coefficient (Wildman–Crippen LogP) is 3.17. The van der Waals surface area contributed by atoms with Crippen molar-refractivity contribution in [1.82, 2.24) is 9.80 Å². The Bertz CT molecular complexity index is 1330. The van der Waals surface area contributed by atoms with Crippen LogP contribution in [0.4, 0.5) is 4.39 Å². The molecular weight excluding hydrogens is 523 g/mol. The summed E-state index contributed by atoms with van der Waals surface area (Å²) in [5.41, 5.74) is 14.1. The Hall–Kier alpha value is -4.08. The van der Waals surface area contributed by atoms with Gasteiger partial charge in [-0.1, -0.05) is 72.8 Å². The maximum atomic E-state index is 14.4. The minimum absolute atomic E-state index is 0.102. The lowest BCUT2D eigenvalue weighted by Gasteiger charge is -2.34. The summed E-state index contributed by atoms with van der Waals surface area (Å²) >= 11 is 0. The van der Waals surface area contributed by atoms with E-state index in [1.807, 2.05) is 54.6 Å². The van der Waals surface area contributed by atoms with Gasteiger partial charge >= 0.3 is 0 Å². The van der Waals surface area contributed by atoms with Crippen LogP contribution in [-0.4, -0.2) is 72.5 Å². The molecule has 0 bridgehead atoms. The van der Waals surface area contributed by atoms with Gasteiger partial charge in [-0.05, 0) is 42.2 Å². The van der Waals surface area contributed by atoms with Crippen molar-refractivity contribution in [2.45, 2.75) is 44.3 Å². The summed E-state index contributed by atoms with van der Waals surface area (Å²) in [5, 5.41) is 0. The molecule has 0 saturated heterocycles. The van der Waals surface area contributed by atoms with Crippen molar-refractivity contribution in [3.8, 4) is 11.1 Å². The molecule has 0 saturated carbocycles. The largest absolute Gasteiger partial charge is 0.370 e. The topological polar surface area (TPSA) is 119 Å². The average Bonchev–Trinajstić information content (AvgIpc) is 2.94. The highest BCUT2D eigenvalue weighted by molar-refractivity contribution is 5.92. The number of ether oxygens (including phenoxy) is 1. The third kappa shape index (κ3) is 8.96. The van der Waals surface area contributed by atoms with Gasteiger partial charge in [0.2, 0.25) is 17.7 Å². The molecule has 2 atom stereocenters. The van der Waals surface area contributed by atoms with Gasteiger partial charge in [0.05, 0.1) is 6.61 Å². The molecule has 0 radical (unpaired) electrons. The minimum Gasteiger partial charge on any atom is -0.370 e. The molecule has 218 valence electrons. The lowest BCUT2D eigenvalue weighted by molar-refractivity contribution is -0.149. The molecule has 0 spiro atoms. The first-order valence-corrected chi connectivity index (χ1v) is 13.4. The van der Waals surface area contributed by atoms with Gasteiger partial charge in [-0.15, -0.1) is 0 Å². The lowest BCUT2D eigenvalue weighted by Crippen LogP contribution is -2.55. The van der Waals surface area contributed by atoms with Gasteiger partial charge in [0.15, 0.2) is 0 Å². The lowest BCUT2D eigenvalue weighted by atomic mass is 9.98. The summed E-state index contributed by atoms with van der Waals surface area (Å²) in [5.74, 6) is -2.21. The third-order valence-corrected chi connectivity index (χ3v) is 6.85. The number of hydrogen-bond donors (Lipinski definition) is 2. The Morgan fingerprint density at radius 1 is 0.829 bits per heavy atom. The smallest absolute Gasteiger partial charge is 0.249 e. The number of rotatable bonds is 13. The first kappa shape index (κ1) is 31.4. The van der Waals surface area contributed by atoms with Gasteiger partial charge in [0.1, 0.15) is 24.5 Å². The molecule has 3 aromatic carbocycles. The zero-order valence-electron chi connectivity index (χ0n) is 24.0. The molecule has 3 rings (SSSR count). The van der Waals surface area contributed by atoms with Crippen LogP contribution >= 0.6 is 0 Å². The van der Waals surface area contributed by atoms with E-state index < -0.39 is 41.2 Å². The van der Waals surface area contributed by atoms with Crippen LogP contribution in [0.1, 0.15) is 25.0 Å². The maximum absolute atomic E-state index is 14.4. The molecule has 0 aliphatic rings. The molecule has 3 aromatic rings. The fourth-order valence-corrected chi connectivity index (χ4v) is 4.44. The molecule has 0 aliphatic carbocycles. The molecule has 0 aromatic heterocycles. The number of primary amides is 1. The van der Waals surface area contributed by atoms with E-state index in [-0.39, 0.29) is 31.6 Å². The van der Waals surface area contributed by atoms with E-state index in [0.29, 0.717) is 0 Å². The number of carbonyl (C=O) groups is 3. The zero-order chi connectivity index (χ0) is 30.2. The second-order valence-electron chi connectivity index (χ2n) is 10.9. The summed E-state index contributed by atoms with van der Waals surface area (Å²) in [6.07, 6.45) is 0.0726. The number of benzene rings is 3. The number of carbonyl (C=O) groups excluding carboxylic acids is 3. The Balaban J connectivity index is 1.86. The Kier molecular flexibility index (Phi) is 10.7. The average molecular weight is 563 g/mol. The molecule has 0 fully saturated rings. The fraction of sp³-hybridized carbons (Fsp3) is 0.344. The highest BCUT2D eigenvalue weighted by atomic mass is 19.1. The van der Waals surface area contributed by atoms with Crippen LogP contribution in [0.15, 0.2) is 78.9 Å². The first-order valence-electron chi connectivity index (χ1n) is 13.4. The van der Waals surface area contributed by atoms with Crippen molar-refractivity contribution in [3.63, 3.8) is 0 Å². The Morgan fingerprint density at radius 3 is 2.00 bits per heavy atom. The van der Waals surface area contributed by atoms with E-state index in [0.717, 1.165) is 16.7 Å². The van der Waals surface area contributed by atoms with Crippen LogP contribution < -0.4 is 11.5 Å². The normalized spacial score (nSPS) is 12.8. The van der Waals surface area contributed by atoms with E-state index in [4.69, 9.17) is 16.2 Å². The van der Waals surface area contributed by atoms with Crippen LogP contribution in [0, 0.1) is 5.82 Å². The molecule has 3 amide bonds. The Morgan fingerprint density at radius 2 is 1.41 bits per heavy atom. The summed E-state index contributed by atoms with van der Waals surface area (Å²) < 4.78 is 19.9. The molecule has 4 N–H and O–H groups in total. The number of hydrogen-bond acceptors (Lipinski definition) is 5. The van der Waals surface area contributed by atoms with E-state index >= 15 is 0 Å². The van der Waals surface area contributed by atoms with Crippen molar-refractivity contribution in [1.29, 1.82) is 0 Å². The van der Waals surface area contributed by atoms with Gasteiger partial charge < -0.3 is 26.0 Å². The summed E-state index contributed by atoms with van der Waals surface area (Å²) in [4.78, 5) is 42.0. The molecular formula is C32H39FN4O4. The molecule has 0 heterocycles. The summed E-state index contributed by atoms with van der Waals surface area (Å²) in [7, 11) is 2.96. The monoisotopic (exact) mass is 562 g/mol. The van der Waals surface area contributed by atoms with Gasteiger partial charge in [-0.3, -0.25) is 14.4 Å². The van der Waals surface area contributed by atoms with E-state index in [1.54, 1.807) is 32.0 Å². The maximum Gasteiger partial charge on any atom is 0.249 e. The van der Waals surface area contributed by atoms with Crippen molar-refractivity contribution in [3.05, 3.63) is 95.8 Å². The van der Waals surface area contributed by atoms with Crippen LogP contribution in [0.3, 0.4) is 0 Å². The third-order valence-electron chi connectivity index (χ3n) is 6.85. The molecule has 9 heteroatoms. The first-order chi connectivity index (χ1) is 19.4. The van der Waals surface area contributed by atoms with Gasteiger partial charge in [0.25, 0.3) is 0 Å². The number of likely N-dealkylation sites (N-methyl/N-ethyl adjacent to an activating group) is 2. The van der Waals surface area contributed by atoms with E-state index in [1.165, 1.54) is 30.0 Å².